The molecule has 2 rings (SSSR count). The maximum Gasteiger partial charge on any atom is 0.352 e. The molecule has 0 spiro atoms. The zero-order valence-corrected chi connectivity index (χ0v) is 12.1. The first-order valence-corrected chi connectivity index (χ1v) is 7.38. The minimum absolute atomic E-state index is 0.154. The van der Waals surface area contributed by atoms with Crippen LogP contribution in [0.4, 0.5) is 10.1 Å². The summed E-state index contributed by atoms with van der Waals surface area (Å²) in [6, 6.07) is 5.18. The Morgan fingerprint density at radius 2 is 2.05 bits per heavy atom. The van der Waals surface area contributed by atoms with Crippen molar-refractivity contribution >= 4 is 21.7 Å². The van der Waals surface area contributed by atoms with Crippen molar-refractivity contribution in [2.24, 2.45) is 7.05 Å². The fourth-order valence-corrected chi connectivity index (χ4v) is 3.06. The van der Waals surface area contributed by atoms with Gasteiger partial charge in [-0.05, 0) is 24.6 Å². The number of aromatic carboxylic acids is 1. The summed E-state index contributed by atoms with van der Waals surface area (Å²) in [5.41, 5.74) is 0.0897. The largest absolute Gasteiger partial charge is 0.477 e. The van der Waals surface area contributed by atoms with E-state index in [1.807, 2.05) is 0 Å². The van der Waals surface area contributed by atoms with Crippen molar-refractivity contribution in [1.29, 1.82) is 0 Å². The number of carbonyl (C=O) groups is 1. The van der Waals surface area contributed by atoms with Gasteiger partial charge >= 0.3 is 5.97 Å². The molecule has 21 heavy (non-hydrogen) atoms. The Morgan fingerprint density at radius 3 is 2.57 bits per heavy atom. The Kier molecular flexibility index (Phi) is 3.73. The molecule has 1 aromatic carbocycles. The monoisotopic (exact) mass is 312 g/mol. The molecule has 0 unspecified atom stereocenters. The molecular formula is C13H13FN2O4S. The van der Waals surface area contributed by atoms with Gasteiger partial charge in [-0.2, -0.15) is 0 Å². The van der Waals surface area contributed by atoms with E-state index in [1.54, 1.807) is 13.0 Å². The zero-order chi connectivity index (χ0) is 15.8. The van der Waals surface area contributed by atoms with E-state index in [-0.39, 0.29) is 16.3 Å². The van der Waals surface area contributed by atoms with E-state index in [0.717, 1.165) is 18.3 Å². The number of hydrogen-bond acceptors (Lipinski definition) is 3. The molecule has 0 fully saturated rings. The fraction of sp³-hybridized carbons (Fsp3) is 0.154. The van der Waals surface area contributed by atoms with Gasteiger partial charge in [-0.25, -0.2) is 17.6 Å². The lowest BCUT2D eigenvalue weighted by atomic mass is 10.2. The first kappa shape index (κ1) is 15.0. The quantitative estimate of drug-likeness (QED) is 0.903. The second kappa shape index (κ2) is 5.21. The number of aromatic nitrogens is 1. The second-order valence-electron chi connectivity index (χ2n) is 4.51. The summed E-state index contributed by atoms with van der Waals surface area (Å²) in [6.07, 6.45) is 1.15. The summed E-state index contributed by atoms with van der Waals surface area (Å²) in [7, 11) is -2.65. The molecule has 0 aliphatic carbocycles. The van der Waals surface area contributed by atoms with E-state index in [0.29, 0.717) is 5.56 Å². The predicted molar refractivity (Wildman–Crippen MR) is 74.3 cm³/mol. The molecule has 0 amide bonds. The van der Waals surface area contributed by atoms with Crippen LogP contribution in [-0.4, -0.2) is 24.1 Å². The number of halogens is 1. The smallest absolute Gasteiger partial charge is 0.352 e. The van der Waals surface area contributed by atoms with Gasteiger partial charge in [0.1, 0.15) is 16.4 Å². The van der Waals surface area contributed by atoms with Gasteiger partial charge in [0.2, 0.25) is 0 Å². The summed E-state index contributed by atoms with van der Waals surface area (Å²) >= 11 is 0. The van der Waals surface area contributed by atoms with Gasteiger partial charge in [-0.3, -0.25) is 4.72 Å². The molecule has 0 radical (unpaired) electrons. The lowest BCUT2D eigenvalue weighted by Gasteiger charge is -2.10. The maximum atomic E-state index is 13.7. The Bertz CT molecular complexity index is 791. The van der Waals surface area contributed by atoms with Gasteiger partial charge in [-0.1, -0.05) is 12.1 Å². The number of para-hydroxylation sites is 1. The van der Waals surface area contributed by atoms with Crippen LogP contribution in [-0.2, 0) is 17.1 Å². The number of sulfonamides is 1. The van der Waals surface area contributed by atoms with Crippen LogP contribution < -0.4 is 4.72 Å². The van der Waals surface area contributed by atoms with Crippen molar-refractivity contribution in [2.45, 2.75) is 11.8 Å². The number of benzene rings is 1. The highest BCUT2D eigenvalue weighted by molar-refractivity contribution is 7.92. The van der Waals surface area contributed by atoms with Crippen LogP contribution in [0.3, 0.4) is 0 Å². The van der Waals surface area contributed by atoms with Crippen LogP contribution in [0.15, 0.2) is 35.4 Å². The minimum atomic E-state index is -4.07. The molecule has 0 aliphatic rings. The maximum absolute atomic E-state index is 13.7. The van der Waals surface area contributed by atoms with Gasteiger partial charge in [-0.15, -0.1) is 0 Å². The highest BCUT2D eigenvalue weighted by Gasteiger charge is 2.22. The number of nitrogens with one attached hydrogen (secondary N) is 1. The summed E-state index contributed by atoms with van der Waals surface area (Å²) < 4.78 is 41.4. The van der Waals surface area contributed by atoms with Crippen molar-refractivity contribution < 1.29 is 22.7 Å². The molecular weight excluding hydrogens is 299 g/mol. The molecule has 2 aromatic rings. The number of carboxylic acid groups (broad SMARTS) is 1. The van der Waals surface area contributed by atoms with Crippen molar-refractivity contribution in [2.75, 3.05) is 4.72 Å². The van der Waals surface area contributed by atoms with Gasteiger partial charge in [0.25, 0.3) is 10.0 Å². The van der Waals surface area contributed by atoms with Crippen molar-refractivity contribution in [3.63, 3.8) is 0 Å². The standard InChI is InChI=1S/C13H13FN2O4S/c1-8-4-3-5-10(14)12(8)15-21(19,20)9-6-11(13(17)18)16(2)7-9/h3-7,15H,1-2H3,(H,17,18). The number of rotatable bonds is 4. The molecule has 0 saturated heterocycles. The third-order valence-electron chi connectivity index (χ3n) is 2.97. The molecule has 0 atom stereocenters. The predicted octanol–water partition coefficient (Wildman–Crippen LogP) is 1.97. The number of carboxylic acids is 1. The van der Waals surface area contributed by atoms with Crippen molar-refractivity contribution in [3.05, 3.63) is 47.5 Å². The number of aryl methyl sites for hydroxylation is 2. The Morgan fingerprint density at radius 1 is 1.38 bits per heavy atom. The molecule has 6 nitrogen and oxygen atoms in total. The Hall–Kier alpha value is -2.35. The van der Waals surface area contributed by atoms with Crippen molar-refractivity contribution in [1.82, 2.24) is 4.57 Å². The van der Waals surface area contributed by atoms with E-state index in [9.17, 15) is 17.6 Å². The molecule has 1 aromatic heterocycles. The molecule has 0 saturated carbocycles. The van der Waals surface area contributed by atoms with Crippen LogP contribution in [0.5, 0.6) is 0 Å². The van der Waals surface area contributed by atoms with E-state index in [2.05, 4.69) is 4.72 Å². The van der Waals surface area contributed by atoms with Gasteiger partial charge in [0.05, 0.1) is 5.69 Å². The SMILES string of the molecule is Cc1cccc(F)c1NS(=O)(=O)c1cc(C(=O)O)n(C)c1. The molecule has 2 N–H and O–H groups in total. The number of hydrogen-bond donors (Lipinski definition) is 2. The summed E-state index contributed by atoms with van der Waals surface area (Å²) in [5.74, 6) is -1.95. The van der Waals surface area contributed by atoms with Gasteiger partial charge in [0.15, 0.2) is 0 Å². The summed E-state index contributed by atoms with van der Waals surface area (Å²) in [6.45, 7) is 1.56. The van der Waals surface area contributed by atoms with E-state index >= 15 is 0 Å². The normalized spacial score (nSPS) is 11.4. The molecule has 0 bridgehead atoms. The number of anilines is 1. The average Bonchev–Trinajstić information content (AvgIpc) is 2.77. The molecule has 0 aliphatic heterocycles. The minimum Gasteiger partial charge on any atom is -0.477 e. The highest BCUT2D eigenvalue weighted by Crippen LogP contribution is 2.23. The summed E-state index contributed by atoms with van der Waals surface area (Å²) in [4.78, 5) is 10.7. The first-order chi connectivity index (χ1) is 9.72. The molecule has 8 heteroatoms. The zero-order valence-electron chi connectivity index (χ0n) is 11.3. The summed E-state index contributed by atoms with van der Waals surface area (Å²) in [5, 5.41) is 8.93. The van der Waals surface area contributed by atoms with Crippen LogP contribution >= 0.6 is 0 Å². The second-order valence-corrected chi connectivity index (χ2v) is 6.20. The van der Waals surface area contributed by atoms with Gasteiger partial charge < -0.3 is 9.67 Å². The topological polar surface area (TPSA) is 88.4 Å². The van der Waals surface area contributed by atoms with E-state index in [4.69, 9.17) is 5.11 Å². The lowest BCUT2D eigenvalue weighted by molar-refractivity contribution is 0.0686. The Labute approximate surface area is 120 Å². The van der Waals surface area contributed by atoms with Crippen LogP contribution in [0.2, 0.25) is 0 Å². The third-order valence-corrected chi connectivity index (χ3v) is 4.28. The van der Waals surface area contributed by atoms with Gasteiger partial charge in [0, 0.05) is 13.2 Å². The van der Waals surface area contributed by atoms with Crippen LogP contribution in [0, 0.1) is 12.7 Å². The fourth-order valence-electron chi connectivity index (χ4n) is 1.85. The molecule has 112 valence electrons. The Balaban J connectivity index is 2.44. The number of nitrogens with zero attached hydrogens (tertiary/aromatic N) is 1. The molecule has 1 heterocycles. The van der Waals surface area contributed by atoms with Crippen LogP contribution in [0.1, 0.15) is 16.1 Å². The van der Waals surface area contributed by atoms with E-state index in [1.165, 1.54) is 17.7 Å². The van der Waals surface area contributed by atoms with Crippen LogP contribution in [0.25, 0.3) is 0 Å². The lowest BCUT2D eigenvalue weighted by Crippen LogP contribution is -2.14. The van der Waals surface area contributed by atoms with Crippen molar-refractivity contribution in [3.8, 4) is 0 Å². The van der Waals surface area contributed by atoms with E-state index < -0.39 is 21.8 Å². The third kappa shape index (κ3) is 2.89. The highest BCUT2D eigenvalue weighted by atomic mass is 32.2. The first-order valence-electron chi connectivity index (χ1n) is 5.90. The average molecular weight is 312 g/mol.